The van der Waals surface area contributed by atoms with E-state index in [1.165, 1.54) is 4.88 Å². The van der Waals surface area contributed by atoms with Crippen LogP contribution in [0, 0.1) is 6.92 Å². The molecule has 0 aliphatic heterocycles. The molecule has 0 aliphatic carbocycles. The number of nitrogens with one attached hydrogen (secondary N) is 1. The van der Waals surface area contributed by atoms with Gasteiger partial charge in [0.2, 0.25) is 0 Å². The minimum atomic E-state index is -0.0217. The third-order valence-corrected chi connectivity index (χ3v) is 4.33. The van der Waals surface area contributed by atoms with Crippen LogP contribution in [0.3, 0.4) is 0 Å². The van der Waals surface area contributed by atoms with Gasteiger partial charge in [-0.1, -0.05) is 33.6 Å². The molecule has 17 heavy (non-hydrogen) atoms. The SMILES string of the molecule is Cc1cc(C(NN)c2ccc(Cl)cc2Br)cs1. The van der Waals surface area contributed by atoms with Crippen molar-refractivity contribution in [1.82, 2.24) is 5.43 Å². The minimum absolute atomic E-state index is 0.0217. The van der Waals surface area contributed by atoms with E-state index in [0.29, 0.717) is 5.02 Å². The fourth-order valence-electron chi connectivity index (χ4n) is 1.72. The molecule has 3 N–H and O–H groups in total. The van der Waals surface area contributed by atoms with Crippen molar-refractivity contribution in [2.24, 2.45) is 5.84 Å². The largest absolute Gasteiger partial charge is 0.271 e. The van der Waals surface area contributed by atoms with Crippen LogP contribution in [0.4, 0.5) is 0 Å². The summed E-state index contributed by atoms with van der Waals surface area (Å²) < 4.78 is 0.955. The van der Waals surface area contributed by atoms with Crippen molar-refractivity contribution in [2.45, 2.75) is 13.0 Å². The Morgan fingerprint density at radius 1 is 1.41 bits per heavy atom. The number of hydrazine groups is 1. The molecule has 0 amide bonds. The number of hydrogen-bond donors (Lipinski definition) is 2. The monoisotopic (exact) mass is 330 g/mol. The van der Waals surface area contributed by atoms with E-state index in [0.717, 1.165) is 15.6 Å². The Kier molecular flexibility index (Phi) is 4.22. The number of aryl methyl sites for hydroxylation is 1. The molecule has 1 aromatic carbocycles. The molecule has 1 atom stereocenters. The standard InChI is InChI=1S/C12H12BrClN2S/c1-7-4-8(6-17-7)12(16-15)10-3-2-9(14)5-11(10)13/h2-6,12,16H,15H2,1H3. The molecule has 0 radical (unpaired) electrons. The molecule has 1 heterocycles. The summed E-state index contributed by atoms with van der Waals surface area (Å²) in [4.78, 5) is 1.27. The van der Waals surface area contributed by atoms with E-state index < -0.39 is 0 Å². The van der Waals surface area contributed by atoms with Gasteiger partial charge < -0.3 is 0 Å². The first-order chi connectivity index (χ1) is 8.11. The second-order valence-corrected chi connectivity index (χ2v) is 6.16. The van der Waals surface area contributed by atoms with Crippen LogP contribution in [-0.2, 0) is 0 Å². The van der Waals surface area contributed by atoms with E-state index in [2.05, 4.69) is 39.7 Å². The van der Waals surface area contributed by atoms with Crippen molar-refractivity contribution in [3.63, 3.8) is 0 Å². The van der Waals surface area contributed by atoms with Gasteiger partial charge in [0.25, 0.3) is 0 Å². The third-order valence-electron chi connectivity index (χ3n) is 2.52. The Morgan fingerprint density at radius 2 is 2.18 bits per heavy atom. The predicted octanol–water partition coefficient (Wildman–Crippen LogP) is 4.03. The number of nitrogens with two attached hydrogens (primary N) is 1. The van der Waals surface area contributed by atoms with Crippen molar-refractivity contribution in [3.8, 4) is 0 Å². The highest BCUT2D eigenvalue weighted by Crippen LogP contribution is 2.32. The zero-order valence-electron chi connectivity index (χ0n) is 9.21. The van der Waals surface area contributed by atoms with E-state index in [1.54, 1.807) is 11.3 Å². The Morgan fingerprint density at radius 3 is 2.71 bits per heavy atom. The normalized spacial score (nSPS) is 12.7. The molecular weight excluding hydrogens is 320 g/mol. The lowest BCUT2D eigenvalue weighted by Gasteiger charge is -2.17. The zero-order valence-corrected chi connectivity index (χ0v) is 12.4. The maximum Gasteiger partial charge on any atom is 0.0729 e. The maximum atomic E-state index is 5.94. The van der Waals surface area contributed by atoms with Crippen molar-refractivity contribution in [1.29, 1.82) is 0 Å². The van der Waals surface area contributed by atoms with Crippen LogP contribution in [0.1, 0.15) is 22.0 Å². The summed E-state index contributed by atoms with van der Waals surface area (Å²) in [7, 11) is 0. The molecular formula is C12H12BrClN2S. The molecule has 0 aliphatic rings. The summed E-state index contributed by atoms with van der Waals surface area (Å²) in [5.41, 5.74) is 5.09. The van der Waals surface area contributed by atoms with Crippen LogP contribution in [0.25, 0.3) is 0 Å². The quantitative estimate of drug-likeness (QED) is 0.658. The van der Waals surface area contributed by atoms with Crippen LogP contribution < -0.4 is 11.3 Å². The Balaban J connectivity index is 2.42. The van der Waals surface area contributed by atoms with E-state index in [4.69, 9.17) is 17.4 Å². The number of thiophene rings is 1. The minimum Gasteiger partial charge on any atom is -0.271 e. The number of benzene rings is 1. The van der Waals surface area contributed by atoms with Gasteiger partial charge in [-0.2, -0.15) is 0 Å². The van der Waals surface area contributed by atoms with E-state index >= 15 is 0 Å². The summed E-state index contributed by atoms with van der Waals surface area (Å²) in [6.07, 6.45) is 0. The molecule has 0 saturated carbocycles. The molecule has 2 nitrogen and oxygen atoms in total. The van der Waals surface area contributed by atoms with Crippen LogP contribution in [-0.4, -0.2) is 0 Å². The van der Waals surface area contributed by atoms with E-state index in [-0.39, 0.29) is 6.04 Å². The Bertz CT molecular complexity index is 527. The predicted molar refractivity (Wildman–Crippen MR) is 77.4 cm³/mol. The van der Waals surface area contributed by atoms with Gasteiger partial charge in [-0.15, -0.1) is 11.3 Å². The van der Waals surface area contributed by atoms with E-state index in [9.17, 15) is 0 Å². The highest BCUT2D eigenvalue weighted by molar-refractivity contribution is 9.10. The van der Waals surface area contributed by atoms with E-state index in [1.807, 2.05) is 18.2 Å². The average molecular weight is 332 g/mol. The van der Waals surface area contributed by atoms with Gasteiger partial charge in [-0.3, -0.25) is 5.84 Å². The number of hydrogen-bond acceptors (Lipinski definition) is 3. The molecule has 0 spiro atoms. The first-order valence-corrected chi connectivity index (χ1v) is 7.13. The maximum absolute atomic E-state index is 5.94. The van der Waals surface area contributed by atoms with Crippen LogP contribution in [0.15, 0.2) is 34.1 Å². The summed E-state index contributed by atoms with van der Waals surface area (Å²) in [5.74, 6) is 5.65. The molecule has 2 rings (SSSR count). The smallest absolute Gasteiger partial charge is 0.0729 e. The topological polar surface area (TPSA) is 38.0 Å². The van der Waals surface area contributed by atoms with Crippen molar-refractivity contribution in [2.75, 3.05) is 0 Å². The van der Waals surface area contributed by atoms with Crippen molar-refractivity contribution >= 4 is 38.9 Å². The fourth-order valence-corrected chi connectivity index (χ4v) is 3.36. The molecule has 0 saturated heterocycles. The molecule has 1 aromatic heterocycles. The lowest BCUT2D eigenvalue weighted by molar-refractivity contribution is 0.636. The summed E-state index contributed by atoms with van der Waals surface area (Å²) >= 11 is 11.2. The molecule has 90 valence electrons. The zero-order chi connectivity index (χ0) is 12.4. The number of rotatable bonds is 3. The summed E-state index contributed by atoms with van der Waals surface area (Å²) in [6.45, 7) is 2.08. The first kappa shape index (κ1) is 13.1. The van der Waals surface area contributed by atoms with Crippen molar-refractivity contribution in [3.05, 3.63) is 55.1 Å². The highest BCUT2D eigenvalue weighted by atomic mass is 79.9. The fraction of sp³-hybridized carbons (Fsp3) is 0.167. The van der Waals surface area contributed by atoms with Crippen LogP contribution >= 0.6 is 38.9 Å². The molecule has 2 aromatic rings. The average Bonchev–Trinajstić information content (AvgIpc) is 2.69. The van der Waals surface area contributed by atoms with Crippen LogP contribution in [0.5, 0.6) is 0 Å². The lowest BCUT2D eigenvalue weighted by atomic mass is 10.0. The third kappa shape index (κ3) is 2.89. The first-order valence-electron chi connectivity index (χ1n) is 5.08. The molecule has 1 unspecified atom stereocenters. The molecule has 0 bridgehead atoms. The summed E-state index contributed by atoms with van der Waals surface area (Å²) in [6, 6.07) is 7.83. The van der Waals surface area contributed by atoms with Crippen LogP contribution in [0.2, 0.25) is 5.02 Å². The highest BCUT2D eigenvalue weighted by Gasteiger charge is 2.16. The van der Waals surface area contributed by atoms with Gasteiger partial charge in [0.1, 0.15) is 0 Å². The van der Waals surface area contributed by atoms with Crippen molar-refractivity contribution < 1.29 is 0 Å². The summed E-state index contributed by atoms with van der Waals surface area (Å²) in [5, 5.41) is 2.82. The molecule has 5 heteroatoms. The number of halogens is 2. The van der Waals surface area contributed by atoms with Gasteiger partial charge >= 0.3 is 0 Å². The van der Waals surface area contributed by atoms with Gasteiger partial charge in [0.05, 0.1) is 6.04 Å². The van der Waals surface area contributed by atoms with Gasteiger partial charge in [-0.25, -0.2) is 5.43 Å². The van der Waals surface area contributed by atoms with Gasteiger partial charge in [-0.05, 0) is 41.6 Å². The second-order valence-electron chi connectivity index (χ2n) is 3.76. The Hall–Kier alpha value is -0.390. The van der Waals surface area contributed by atoms with Gasteiger partial charge in [0.15, 0.2) is 0 Å². The lowest BCUT2D eigenvalue weighted by Crippen LogP contribution is -2.28. The molecule has 0 fully saturated rings. The second kappa shape index (κ2) is 5.50. The Labute approximate surface area is 118 Å². The van der Waals surface area contributed by atoms with Gasteiger partial charge in [0, 0.05) is 14.4 Å².